The third-order valence-electron chi connectivity index (χ3n) is 2.57. The first kappa shape index (κ1) is 14.1. The van der Waals surface area contributed by atoms with Gasteiger partial charge >= 0.3 is 0 Å². The first-order valence-corrected chi connectivity index (χ1v) is 5.59. The predicted molar refractivity (Wildman–Crippen MR) is 69.2 cm³/mol. The summed E-state index contributed by atoms with van der Waals surface area (Å²) in [5, 5.41) is 9.74. The molecule has 0 radical (unpaired) electrons. The van der Waals surface area contributed by atoms with E-state index in [0.717, 1.165) is 0 Å². The van der Waals surface area contributed by atoms with E-state index < -0.39 is 0 Å². The monoisotopic (exact) mass is 250 g/mol. The quantitative estimate of drug-likeness (QED) is 0.320. The third-order valence-corrected chi connectivity index (χ3v) is 2.57. The van der Waals surface area contributed by atoms with Crippen molar-refractivity contribution in [3.8, 4) is 11.5 Å². The standard InChI is InChI=1S/C13H18N2O3/c1-8(2)11(7-15-14)13(17)10-6-9(18-3)4-5-12(10)16/h4-8,15-16H,14H2,1-3H3/b11-7-. The fourth-order valence-electron chi connectivity index (χ4n) is 1.56. The summed E-state index contributed by atoms with van der Waals surface area (Å²) in [5.74, 6) is 5.35. The molecule has 0 bridgehead atoms. The van der Waals surface area contributed by atoms with Gasteiger partial charge in [-0.05, 0) is 24.1 Å². The minimum absolute atomic E-state index is 0.0147. The molecule has 0 aliphatic carbocycles. The third kappa shape index (κ3) is 3.01. The van der Waals surface area contributed by atoms with Crippen LogP contribution in [-0.2, 0) is 0 Å². The van der Waals surface area contributed by atoms with Crippen LogP contribution in [0.3, 0.4) is 0 Å². The number of rotatable bonds is 5. The van der Waals surface area contributed by atoms with Crippen molar-refractivity contribution in [1.82, 2.24) is 5.43 Å². The van der Waals surface area contributed by atoms with E-state index in [0.29, 0.717) is 11.3 Å². The van der Waals surface area contributed by atoms with Crippen LogP contribution in [0.15, 0.2) is 30.0 Å². The zero-order valence-corrected chi connectivity index (χ0v) is 10.7. The molecule has 0 atom stereocenters. The summed E-state index contributed by atoms with van der Waals surface area (Å²) < 4.78 is 5.04. The van der Waals surface area contributed by atoms with Crippen molar-refractivity contribution < 1.29 is 14.6 Å². The van der Waals surface area contributed by atoms with Gasteiger partial charge in [-0.15, -0.1) is 0 Å². The maximum atomic E-state index is 12.3. The molecule has 0 heterocycles. The molecule has 98 valence electrons. The Hall–Kier alpha value is -2.01. The minimum atomic E-state index is -0.278. The molecule has 1 rings (SSSR count). The number of hydrazine groups is 1. The Morgan fingerprint density at radius 1 is 1.50 bits per heavy atom. The van der Waals surface area contributed by atoms with Crippen molar-refractivity contribution >= 4 is 5.78 Å². The average Bonchev–Trinajstić information content (AvgIpc) is 2.35. The SMILES string of the molecule is COc1ccc(O)c(C(=O)/C(=C\NN)C(C)C)c1. The highest BCUT2D eigenvalue weighted by molar-refractivity contribution is 6.10. The highest BCUT2D eigenvalue weighted by Crippen LogP contribution is 2.27. The summed E-state index contributed by atoms with van der Waals surface area (Å²) in [6.45, 7) is 3.75. The van der Waals surface area contributed by atoms with Crippen LogP contribution in [0.5, 0.6) is 11.5 Å². The molecule has 5 heteroatoms. The molecule has 0 spiro atoms. The van der Waals surface area contributed by atoms with Crippen LogP contribution in [0.4, 0.5) is 0 Å². The number of ketones is 1. The Morgan fingerprint density at radius 3 is 2.67 bits per heavy atom. The van der Waals surface area contributed by atoms with Gasteiger partial charge in [0.15, 0.2) is 5.78 Å². The molecule has 0 aliphatic heterocycles. The van der Waals surface area contributed by atoms with Gasteiger partial charge in [-0.3, -0.25) is 10.6 Å². The topological polar surface area (TPSA) is 84.6 Å². The zero-order valence-electron chi connectivity index (χ0n) is 10.7. The number of phenolic OH excluding ortho intramolecular Hbond substituents is 1. The van der Waals surface area contributed by atoms with E-state index in [9.17, 15) is 9.90 Å². The van der Waals surface area contributed by atoms with Crippen LogP contribution in [0.2, 0.25) is 0 Å². The number of nitrogens with two attached hydrogens (primary N) is 1. The lowest BCUT2D eigenvalue weighted by Gasteiger charge is -2.12. The Labute approximate surface area is 106 Å². The molecule has 18 heavy (non-hydrogen) atoms. The van der Waals surface area contributed by atoms with E-state index in [4.69, 9.17) is 10.6 Å². The number of aromatic hydroxyl groups is 1. The van der Waals surface area contributed by atoms with Gasteiger partial charge in [0.25, 0.3) is 0 Å². The number of carbonyl (C=O) groups is 1. The van der Waals surface area contributed by atoms with Crippen molar-refractivity contribution in [2.24, 2.45) is 11.8 Å². The summed E-state index contributed by atoms with van der Waals surface area (Å²) in [5.41, 5.74) is 3.04. The number of ether oxygens (including phenoxy) is 1. The second-order valence-electron chi connectivity index (χ2n) is 4.13. The Morgan fingerprint density at radius 2 is 2.17 bits per heavy atom. The number of nitrogens with one attached hydrogen (secondary N) is 1. The van der Waals surface area contributed by atoms with E-state index in [1.807, 2.05) is 13.8 Å². The van der Waals surface area contributed by atoms with Gasteiger partial charge in [0.2, 0.25) is 0 Å². The predicted octanol–water partition coefficient (Wildman–Crippen LogP) is 1.59. The maximum Gasteiger partial charge on any atom is 0.194 e. The number of benzene rings is 1. The van der Waals surface area contributed by atoms with Crippen molar-refractivity contribution in [2.75, 3.05) is 7.11 Å². The van der Waals surface area contributed by atoms with Crippen molar-refractivity contribution in [3.05, 3.63) is 35.5 Å². The van der Waals surface area contributed by atoms with Crippen LogP contribution in [0.25, 0.3) is 0 Å². The van der Waals surface area contributed by atoms with Gasteiger partial charge in [-0.2, -0.15) is 0 Å². The molecule has 0 aromatic heterocycles. The second kappa shape index (κ2) is 6.07. The van der Waals surface area contributed by atoms with Crippen LogP contribution >= 0.6 is 0 Å². The van der Waals surface area contributed by atoms with Gasteiger partial charge < -0.3 is 15.3 Å². The lowest BCUT2D eigenvalue weighted by molar-refractivity contribution is 0.102. The first-order valence-electron chi connectivity index (χ1n) is 5.59. The van der Waals surface area contributed by atoms with Crippen LogP contribution in [0.1, 0.15) is 24.2 Å². The van der Waals surface area contributed by atoms with Crippen molar-refractivity contribution in [2.45, 2.75) is 13.8 Å². The minimum Gasteiger partial charge on any atom is -0.507 e. The smallest absolute Gasteiger partial charge is 0.194 e. The number of hydrogen-bond donors (Lipinski definition) is 3. The maximum absolute atomic E-state index is 12.3. The molecule has 0 saturated carbocycles. The molecule has 4 N–H and O–H groups in total. The van der Waals surface area contributed by atoms with Crippen LogP contribution in [0, 0.1) is 5.92 Å². The van der Waals surface area contributed by atoms with Gasteiger partial charge in [-0.1, -0.05) is 13.8 Å². The molecular formula is C13H18N2O3. The number of Topliss-reactive ketones (excluding diaryl/α,β-unsaturated/α-hetero) is 1. The number of phenols is 1. The number of allylic oxidation sites excluding steroid dienone is 1. The Balaban J connectivity index is 3.20. The van der Waals surface area contributed by atoms with Crippen molar-refractivity contribution in [1.29, 1.82) is 0 Å². The van der Waals surface area contributed by atoms with Crippen LogP contribution in [-0.4, -0.2) is 18.0 Å². The molecule has 1 aromatic carbocycles. The summed E-state index contributed by atoms with van der Waals surface area (Å²) >= 11 is 0. The summed E-state index contributed by atoms with van der Waals surface area (Å²) in [7, 11) is 1.50. The lowest BCUT2D eigenvalue weighted by Crippen LogP contribution is -2.19. The average molecular weight is 250 g/mol. The highest BCUT2D eigenvalue weighted by Gasteiger charge is 2.19. The second-order valence-corrected chi connectivity index (χ2v) is 4.13. The summed E-state index contributed by atoms with van der Waals surface area (Å²) in [6.07, 6.45) is 1.44. The van der Waals surface area contributed by atoms with E-state index in [-0.39, 0.29) is 23.0 Å². The molecule has 5 nitrogen and oxygen atoms in total. The Bertz CT molecular complexity index is 467. The molecule has 1 aromatic rings. The van der Waals surface area contributed by atoms with Gasteiger partial charge in [0, 0.05) is 11.8 Å². The molecule has 0 aliphatic rings. The molecule has 0 amide bonds. The van der Waals surface area contributed by atoms with Gasteiger partial charge in [-0.25, -0.2) is 0 Å². The van der Waals surface area contributed by atoms with E-state index in [1.54, 1.807) is 6.07 Å². The number of hydrogen-bond acceptors (Lipinski definition) is 5. The van der Waals surface area contributed by atoms with E-state index >= 15 is 0 Å². The molecule has 0 unspecified atom stereocenters. The fraction of sp³-hybridized carbons (Fsp3) is 0.308. The summed E-state index contributed by atoms with van der Waals surface area (Å²) in [6, 6.07) is 4.52. The van der Waals surface area contributed by atoms with E-state index in [2.05, 4.69) is 5.43 Å². The first-order chi connectivity index (χ1) is 8.51. The zero-order chi connectivity index (χ0) is 13.7. The number of methoxy groups -OCH3 is 1. The normalized spacial score (nSPS) is 11.5. The molecule has 0 fully saturated rings. The van der Waals surface area contributed by atoms with E-state index in [1.165, 1.54) is 25.4 Å². The highest BCUT2D eigenvalue weighted by atomic mass is 16.5. The van der Waals surface area contributed by atoms with Gasteiger partial charge in [0.1, 0.15) is 11.5 Å². The largest absolute Gasteiger partial charge is 0.507 e. The van der Waals surface area contributed by atoms with Crippen molar-refractivity contribution in [3.63, 3.8) is 0 Å². The Kier molecular flexibility index (Phi) is 4.74. The molecular weight excluding hydrogens is 232 g/mol. The molecule has 0 saturated heterocycles. The number of carbonyl (C=O) groups excluding carboxylic acids is 1. The van der Waals surface area contributed by atoms with Gasteiger partial charge in [0.05, 0.1) is 12.7 Å². The fourth-order valence-corrected chi connectivity index (χ4v) is 1.56. The summed E-state index contributed by atoms with van der Waals surface area (Å²) in [4.78, 5) is 12.3. The van der Waals surface area contributed by atoms with Crippen LogP contribution < -0.4 is 16.0 Å². The lowest BCUT2D eigenvalue weighted by atomic mass is 9.94.